The minimum absolute atomic E-state index is 0.00323. The molecule has 0 atom stereocenters. The molecule has 6 heteroatoms. The summed E-state index contributed by atoms with van der Waals surface area (Å²) in [5, 5.41) is 9.75. The predicted molar refractivity (Wildman–Crippen MR) is 109 cm³/mol. The van der Waals surface area contributed by atoms with Crippen LogP contribution in [0.15, 0.2) is 36.7 Å². The maximum absolute atomic E-state index is 12.9. The molecule has 1 aromatic heterocycles. The molecule has 2 heterocycles. The highest BCUT2D eigenvalue weighted by atomic mass is 16.3. The van der Waals surface area contributed by atoms with E-state index in [0.29, 0.717) is 18.7 Å². The van der Waals surface area contributed by atoms with Gasteiger partial charge in [-0.25, -0.2) is 9.97 Å². The number of aliphatic hydroxyl groups is 1. The number of benzene rings is 1. The van der Waals surface area contributed by atoms with Crippen LogP contribution in [0.5, 0.6) is 0 Å². The largest absolute Gasteiger partial charge is 0.378 e. The van der Waals surface area contributed by atoms with Crippen molar-refractivity contribution in [2.45, 2.75) is 32.8 Å². The van der Waals surface area contributed by atoms with E-state index in [1.807, 2.05) is 29.2 Å². The van der Waals surface area contributed by atoms with Crippen molar-refractivity contribution < 1.29 is 9.90 Å². The van der Waals surface area contributed by atoms with Gasteiger partial charge in [-0.1, -0.05) is 24.8 Å². The van der Waals surface area contributed by atoms with Crippen LogP contribution < -0.4 is 4.90 Å². The molecular weight excluding hydrogens is 352 g/mol. The van der Waals surface area contributed by atoms with Crippen LogP contribution in [-0.2, 0) is 6.42 Å². The Bertz CT molecular complexity index is 900. The minimum atomic E-state index is -1.06. The third-order valence-electron chi connectivity index (χ3n) is 4.58. The lowest BCUT2D eigenvalue weighted by Gasteiger charge is -2.35. The number of hydrogen-bond acceptors (Lipinski definition) is 5. The van der Waals surface area contributed by atoms with Gasteiger partial charge in [-0.05, 0) is 38.5 Å². The SMILES string of the molecule is CCc1cc(N2CCN(C(=O)c3cccc(C#CC(C)(C)O)c3)CC2)ncn1. The van der Waals surface area contributed by atoms with Crippen LogP contribution in [0.2, 0.25) is 0 Å². The van der Waals surface area contributed by atoms with Crippen LogP contribution in [0.25, 0.3) is 0 Å². The van der Waals surface area contributed by atoms with E-state index in [-0.39, 0.29) is 5.91 Å². The quantitative estimate of drug-likeness (QED) is 0.829. The van der Waals surface area contributed by atoms with Crippen LogP contribution in [0.4, 0.5) is 5.82 Å². The molecule has 6 nitrogen and oxygen atoms in total. The van der Waals surface area contributed by atoms with Crippen molar-refractivity contribution in [3.8, 4) is 11.8 Å². The van der Waals surface area contributed by atoms with Gasteiger partial charge in [0.15, 0.2) is 0 Å². The zero-order valence-electron chi connectivity index (χ0n) is 16.6. The van der Waals surface area contributed by atoms with Gasteiger partial charge in [-0.3, -0.25) is 4.79 Å². The standard InChI is InChI=1S/C22H26N4O2/c1-4-19-15-20(24-16-23-19)25-10-12-26(13-11-25)21(27)18-7-5-6-17(14-18)8-9-22(2,3)28/h5-7,14-16,28H,4,10-13H2,1-3H3. The molecule has 1 fully saturated rings. The maximum Gasteiger partial charge on any atom is 0.254 e. The van der Waals surface area contributed by atoms with Crippen molar-refractivity contribution in [3.63, 3.8) is 0 Å². The van der Waals surface area contributed by atoms with E-state index in [9.17, 15) is 9.90 Å². The average Bonchev–Trinajstić information content (AvgIpc) is 2.71. The number of amides is 1. The monoisotopic (exact) mass is 378 g/mol. The number of piperazine rings is 1. The van der Waals surface area contributed by atoms with Crippen LogP contribution in [0.3, 0.4) is 0 Å². The first-order chi connectivity index (χ1) is 13.4. The number of carbonyl (C=O) groups excluding carboxylic acids is 1. The molecule has 146 valence electrons. The summed E-state index contributed by atoms with van der Waals surface area (Å²) >= 11 is 0. The molecular formula is C22H26N4O2. The third kappa shape index (κ3) is 5.08. The third-order valence-corrected chi connectivity index (χ3v) is 4.58. The van der Waals surface area contributed by atoms with Crippen LogP contribution in [-0.4, -0.2) is 57.7 Å². The van der Waals surface area contributed by atoms with E-state index in [1.54, 1.807) is 26.2 Å². The fraction of sp³-hybridized carbons (Fsp3) is 0.409. The molecule has 28 heavy (non-hydrogen) atoms. The lowest BCUT2D eigenvalue weighted by molar-refractivity contribution is 0.0746. The Morgan fingerprint density at radius 2 is 1.93 bits per heavy atom. The lowest BCUT2D eigenvalue weighted by atomic mass is 10.1. The molecule has 1 N–H and O–H groups in total. The van der Waals surface area contributed by atoms with Crippen molar-refractivity contribution in [3.05, 3.63) is 53.5 Å². The van der Waals surface area contributed by atoms with Gasteiger partial charge >= 0.3 is 0 Å². The summed E-state index contributed by atoms with van der Waals surface area (Å²) in [5.41, 5.74) is 1.30. The summed E-state index contributed by atoms with van der Waals surface area (Å²) < 4.78 is 0. The molecule has 1 aromatic carbocycles. The normalized spacial score (nSPS) is 14.4. The van der Waals surface area contributed by atoms with Crippen LogP contribution in [0, 0.1) is 11.8 Å². The number of carbonyl (C=O) groups is 1. The number of nitrogens with zero attached hydrogens (tertiary/aromatic N) is 4. The van der Waals surface area contributed by atoms with Gasteiger partial charge in [0.25, 0.3) is 5.91 Å². The molecule has 0 bridgehead atoms. The molecule has 1 amide bonds. The summed E-state index contributed by atoms with van der Waals surface area (Å²) in [6.45, 7) is 8.11. The summed E-state index contributed by atoms with van der Waals surface area (Å²) in [5.74, 6) is 6.63. The second kappa shape index (κ2) is 8.41. The number of hydrogen-bond donors (Lipinski definition) is 1. The van der Waals surface area contributed by atoms with Gasteiger partial charge in [0.1, 0.15) is 17.7 Å². The Kier molecular flexibility index (Phi) is 5.96. The molecule has 3 rings (SSSR count). The van der Waals surface area contributed by atoms with E-state index in [4.69, 9.17) is 0 Å². The zero-order chi connectivity index (χ0) is 20.1. The van der Waals surface area contributed by atoms with Crippen molar-refractivity contribution in [1.82, 2.24) is 14.9 Å². The summed E-state index contributed by atoms with van der Waals surface area (Å²) in [7, 11) is 0. The summed E-state index contributed by atoms with van der Waals surface area (Å²) in [6.07, 6.45) is 2.48. The second-order valence-corrected chi connectivity index (χ2v) is 7.39. The van der Waals surface area contributed by atoms with Crippen molar-refractivity contribution in [2.75, 3.05) is 31.1 Å². The molecule has 1 aliphatic heterocycles. The molecule has 1 saturated heterocycles. The molecule has 1 aliphatic rings. The van der Waals surface area contributed by atoms with Crippen molar-refractivity contribution in [1.29, 1.82) is 0 Å². The molecule has 0 radical (unpaired) electrons. The van der Waals surface area contributed by atoms with Gasteiger partial charge in [-0.15, -0.1) is 0 Å². The number of rotatable bonds is 3. The Balaban J connectivity index is 1.66. The van der Waals surface area contributed by atoms with E-state index in [1.165, 1.54) is 0 Å². The minimum Gasteiger partial charge on any atom is -0.378 e. The highest BCUT2D eigenvalue weighted by molar-refractivity contribution is 5.94. The highest BCUT2D eigenvalue weighted by Crippen LogP contribution is 2.16. The molecule has 0 saturated carbocycles. The molecule has 0 unspecified atom stereocenters. The van der Waals surface area contributed by atoms with Gasteiger partial charge in [-0.2, -0.15) is 0 Å². The van der Waals surface area contributed by atoms with Gasteiger partial charge in [0.2, 0.25) is 0 Å². The Morgan fingerprint density at radius 3 is 2.61 bits per heavy atom. The van der Waals surface area contributed by atoms with Crippen LogP contribution >= 0.6 is 0 Å². The number of anilines is 1. The number of aromatic nitrogens is 2. The zero-order valence-corrected chi connectivity index (χ0v) is 16.6. The second-order valence-electron chi connectivity index (χ2n) is 7.39. The first kappa shape index (κ1) is 19.8. The maximum atomic E-state index is 12.9. The van der Waals surface area contributed by atoms with Crippen molar-refractivity contribution >= 4 is 11.7 Å². The van der Waals surface area contributed by atoms with E-state index < -0.39 is 5.60 Å². The fourth-order valence-electron chi connectivity index (χ4n) is 3.03. The molecule has 2 aromatic rings. The summed E-state index contributed by atoms with van der Waals surface area (Å²) in [6, 6.07) is 9.27. The number of aryl methyl sites for hydroxylation is 1. The molecule has 0 spiro atoms. The lowest BCUT2D eigenvalue weighted by Crippen LogP contribution is -2.49. The Morgan fingerprint density at radius 1 is 1.18 bits per heavy atom. The van der Waals surface area contributed by atoms with Crippen LogP contribution in [0.1, 0.15) is 42.4 Å². The predicted octanol–water partition coefficient (Wildman–Crippen LogP) is 2.12. The smallest absolute Gasteiger partial charge is 0.254 e. The first-order valence-corrected chi connectivity index (χ1v) is 9.56. The Hall–Kier alpha value is -2.91. The van der Waals surface area contributed by atoms with E-state index >= 15 is 0 Å². The topological polar surface area (TPSA) is 69.6 Å². The van der Waals surface area contributed by atoms with Gasteiger partial charge < -0.3 is 14.9 Å². The first-order valence-electron chi connectivity index (χ1n) is 9.56. The summed E-state index contributed by atoms with van der Waals surface area (Å²) in [4.78, 5) is 25.5. The van der Waals surface area contributed by atoms with E-state index in [2.05, 4.69) is 33.6 Å². The highest BCUT2D eigenvalue weighted by Gasteiger charge is 2.23. The Labute approximate surface area is 166 Å². The van der Waals surface area contributed by atoms with Gasteiger partial charge in [0.05, 0.1) is 0 Å². The van der Waals surface area contributed by atoms with Crippen molar-refractivity contribution in [2.24, 2.45) is 0 Å². The fourth-order valence-corrected chi connectivity index (χ4v) is 3.03. The average molecular weight is 378 g/mol. The molecule has 0 aliphatic carbocycles. The van der Waals surface area contributed by atoms with Gasteiger partial charge in [0, 0.05) is 49.1 Å². The van der Waals surface area contributed by atoms with E-state index in [0.717, 1.165) is 36.6 Å².